The molecule has 2 aromatic carbocycles. The van der Waals surface area contributed by atoms with Gasteiger partial charge in [0.2, 0.25) is 0 Å². The molecule has 0 aliphatic carbocycles. The zero-order chi connectivity index (χ0) is 18.9. The van der Waals surface area contributed by atoms with E-state index in [2.05, 4.69) is 16.4 Å². The fourth-order valence-electron chi connectivity index (χ4n) is 2.88. The summed E-state index contributed by atoms with van der Waals surface area (Å²) in [5.41, 5.74) is 7.54. The molecular formula is C22H27Cl3N4. The minimum absolute atomic E-state index is 0. The first-order valence-electron chi connectivity index (χ1n) is 9.40. The molecule has 0 fully saturated rings. The van der Waals surface area contributed by atoms with Gasteiger partial charge in [0.15, 0.2) is 5.82 Å². The smallest absolute Gasteiger partial charge is 0.154 e. The Kier molecular flexibility index (Phi) is 11.6. The molecule has 0 saturated heterocycles. The quantitative estimate of drug-likeness (QED) is 0.377. The van der Waals surface area contributed by atoms with E-state index in [1.54, 1.807) is 0 Å². The SMILES string of the molecule is Cl.Cl.NCCCCCCNc1nc(/C=C/c2ccc(Cl)cc2)nc2ccccc12. The van der Waals surface area contributed by atoms with Gasteiger partial charge in [0, 0.05) is 17.0 Å². The number of nitrogens with two attached hydrogens (primary N) is 1. The van der Waals surface area contributed by atoms with Crippen LogP contribution in [0, 0.1) is 0 Å². The van der Waals surface area contributed by atoms with Crippen LogP contribution in [0.5, 0.6) is 0 Å². The highest BCUT2D eigenvalue weighted by molar-refractivity contribution is 6.30. The van der Waals surface area contributed by atoms with Crippen LogP contribution < -0.4 is 11.1 Å². The minimum Gasteiger partial charge on any atom is -0.369 e. The molecule has 0 amide bonds. The van der Waals surface area contributed by atoms with Crippen LogP contribution in [-0.4, -0.2) is 23.1 Å². The fourth-order valence-corrected chi connectivity index (χ4v) is 3.00. The number of unbranched alkanes of at least 4 members (excludes halogenated alkanes) is 3. The Morgan fingerprint density at radius 3 is 2.34 bits per heavy atom. The number of rotatable bonds is 9. The molecule has 0 atom stereocenters. The van der Waals surface area contributed by atoms with Crippen LogP contribution in [0.2, 0.25) is 5.02 Å². The van der Waals surface area contributed by atoms with Crippen molar-refractivity contribution in [3.8, 4) is 0 Å². The first kappa shape index (κ1) is 25.2. The molecule has 0 unspecified atom stereocenters. The van der Waals surface area contributed by atoms with E-state index in [4.69, 9.17) is 22.3 Å². The summed E-state index contributed by atoms with van der Waals surface area (Å²) in [5, 5.41) is 5.25. The van der Waals surface area contributed by atoms with Gasteiger partial charge in [-0.05, 0) is 55.3 Å². The molecule has 0 radical (unpaired) electrons. The number of anilines is 1. The molecule has 7 heteroatoms. The van der Waals surface area contributed by atoms with Crippen LogP contribution in [0.25, 0.3) is 23.1 Å². The van der Waals surface area contributed by atoms with Crippen LogP contribution >= 0.6 is 36.4 Å². The van der Waals surface area contributed by atoms with Crippen molar-refractivity contribution in [3.05, 3.63) is 64.9 Å². The van der Waals surface area contributed by atoms with Gasteiger partial charge in [-0.15, -0.1) is 24.8 Å². The molecule has 156 valence electrons. The summed E-state index contributed by atoms with van der Waals surface area (Å²) in [6.07, 6.45) is 8.48. The van der Waals surface area contributed by atoms with Crippen molar-refractivity contribution in [1.82, 2.24) is 9.97 Å². The lowest BCUT2D eigenvalue weighted by Crippen LogP contribution is -2.06. The summed E-state index contributed by atoms with van der Waals surface area (Å²) in [6.45, 7) is 1.67. The maximum atomic E-state index is 5.94. The lowest BCUT2D eigenvalue weighted by Gasteiger charge is -2.09. The standard InChI is InChI=1S/C22H25ClN4.2ClH/c23-18-12-9-17(10-13-18)11-14-21-26-20-8-4-3-7-19(20)22(27-21)25-16-6-2-1-5-15-24;;/h3-4,7-14H,1-2,5-6,15-16,24H2,(H,25,26,27);2*1H/b14-11+;;. The van der Waals surface area contributed by atoms with Gasteiger partial charge in [0.05, 0.1) is 5.52 Å². The van der Waals surface area contributed by atoms with Crippen molar-refractivity contribution in [1.29, 1.82) is 0 Å². The van der Waals surface area contributed by atoms with Crippen LogP contribution in [0.15, 0.2) is 48.5 Å². The number of nitrogens with one attached hydrogen (secondary N) is 1. The Balaban J connectivity index is 0.00000210. The highest BCUT2D eigenvalue weighted by atomic mass is 35.5. The van der Waals surface area contributed by atoms with Gasteiger partial charge in [0.1, 0.15) is 5.82 Å². The Bertz CT molecular complexity index is 898. The number of halogens is 3. The topological polar surface area (TPSA) is 63.8 Å². The Labute approximate surface area is 189 Å². The van der Waals surface area contributed by atoms with Crippen molar-refractivity contribution in [2.24, 2.45) is 5.73 Å². The number of benzene rings is 2. The molecule has 4 nitrogen and oxygen atoms in total. The predicted molar refractivity (Wildman–Crippen MR) is 130 cm³/mol. The molecule has 1 heterocycles. The Morgan fingerprint density at radius 1 is 0.862 bits per heavy atom. The third-order valence-corrected chi connectivity index (χ3v) is 4.59. The summed E-state index contributed by atoms with van der Waals surface area (Å²) in [6, 6.07) is 15.8. The summed E-state index contributed by atoms with van der Waals surface area (Å²) in [4.78, 5) is 9.37. The lowest BCUT2D eigenvalue weighted by atomic mass is 10.2. The van der Waals surface area contributed by atoms with Crippen LogP contribution in [0.1, 0.15) is 37.1 Å². The van der Waals surface area contributed by atoms with Crippen molar-refractivity contribution < 1.29 is 0 Å². The van der Waals surface area contributed by atoms with E-state index < -0.39 is 0 Å². The average molecular weight is 454 g/mol. The minimum atomic E-state index is 0. The second kappa shape index (κ2) is 13.4. The normalized spacial score (nSPS) is 10.6. The number of nitrogens with zero attached hydrogens (tertiary/aromatic N) is 2. The van der Waals surface area contributed by atoms with Crippen molar-refractivity contribution >= 4 is 65.3 Å². The van der Waals surface area contributed by atoms with Gasteiger partial charge >= 0.3 is 0 Å². The first-order valence-corrected chi connectivity index (χ1v) is 9.78. The van der Waals surface area contributed by atoms with Gasteiger partial charge in [-0.2, -0.15) is 0 Å². The van der Waals surface area contributed by atoms with E-state index in [1.807, 2.05) is 54.6 Å². The zero-order valence-electron chi connectivity index (χ0n) is 16.2. The van der Waals surface area contributed by atoms with Crippen molar-refractivity contribution in [2.75, 3.05) is 18.4 Å². The van der Waals surface area contributed by atoms with Gasteiger partial charge in [-0.1, -0.05) is 54.8 Å². The van der Waals surface area contributed by atoms with E-state index in [-0.39, 0.29) is 24.8 Å². The molecule has 3 N–H and O–H groups in total. The number of hydrogen-bond acceptors (Lipinski definition) is 4. The highest BCUT2D eigenvalue weighted by Gasteiger charge is 2.05. The monoisotopic (exact) mass is 452 g/mol. The van der Waals surface area contributed by atoms with E-state index in [9.17, 15) is 0 Å². The summed E-state index contributed by atoms with van der Waals surface area (Å²) < 4.78 is 0. The Hall–Kier alpha value is -1.85. The highest BCUT2D eigenvalue weighted by Crippen LogP contribution is 2.21. The van der Waals surface area contributed by atoms with E-state index >= 15 is 0 Å². The van der Waals surface area contributed by atoms with Gasteiger partial charge in [-0.3, -0.25) is 0 Å². The maximum Gasteiger partial charge on any atom is 0.154 e. The molecule has 3 aromatic rings. The third kappa shape index (κ3) is 7.82. The molecular weight excluding hydrogens is 427 g/mol. The van der Waals surface area contributed by atoms with E-state index in [0.717, 1.165) is 53.2 Å². The first-order chi connectivity index (χ1) is 13.3. The average Bonchev–Trinajstić information content (AvgIpc) is 2.70. The summed E-state index contributed by atoms with van der Waals surface area (Å²) in [5.74, 6) is 1.57. The van der Waals surface area contributed by atoms with Crippen LogP contribution in [0.4, 0.5) is 5.82 Å². The van der Waals surface area contributed by atoms with Gasteiger partial charge < -0.3 is 11.1 Å². The molecule has 29 heavy (non-hydrogen) atoms. The van der Waals surface area contributed by atoms with E-state index in [1.165, 1.54) is 12.8 Å². The summed E-state index contributed by atoms with van der Waals surface area (Å²) >= 11 is 5.94. The van der Waals surface area contributed by atoms with Crippen molar-refractivity contribution in [3.63, 3.8) is 0 Å². The second-order valence-corrected chi connectivity index (χ2v) is 6.90. The van der Waals surface area contributed by atoms with Crippen LogP contribution in [0.3, 0.4) is 0 Å². The zero-order valence-corrected chi connectivity index (χ0v) is 18.6. The predicted octanol–water partition coefficient (Wildman–Crippen LogP) is 6.23. The summed E-state index contributed by atoms with van der Waals surface area (Å²) in [7, 11) is 0. The number of para-hydroxylation sites is 1. The molecule has 0 aliphatic rings. The Morgan fingerprint density at radius 2 is 1.59 bits per heavy atom. The number of aromatic nitrogens is 2. The van der Waals surface area contributed by atoms with Crippen LogP contribution in [-0.2, 0) is 0 Å². The number of hydrogen-bond donors (Lipinski definition) is 2. The molecule has 0 spiro atoms. The molecule has 1 aromatic heterocycles. The lowest BCUT2D eigenvalue weighted by molar-refractivity contribution is 0.661. The second-order valence-electron chi connectivity index (χ2n) is 6.46. The molecule has 0 bridgehead atoms. The fraction of sp³-hybridized carbons (Fsp3) is 0.273. The molecule has 0 saturated carbocycles. The van der Waals surface area contributed by atoms with Gasteiger partial charge in [0.25, 0.3) is 0 Å². The van der Waals surface area contributed by atoms with E-state index in [0.29, 0.717) is 5.82 Å². The van der Waals surface area contributed by atoms with Crippen molar-refractivity contribution in [2.45, 2.75) is 25.7 Å². The largest absolute Gasteiger partial charge is 0.369 e. The number of fused-ring (bicyclic) bond motifs is 1. The third-order valence-electron chi connectivity index (χ3n) is 4.34. The molecule has 3 rings (SSSR count). The maximum absolute atomic E-state index is 5.94. The van der Waals surface area contributed by atoms with Gasteiger partial charge in [-0.25, -0.2) is 9.97 Å². The molecule has 0 aliphatic heterocycles.